The first kappa shape index (κ1) is 10.5. The number of rotatable bonds is 4. The molecule has 1 aliphatic rings. The maximum Gasteiger partial charge on any atom is 0.0381 e. The Morgan fingerprint density at radius 3 is 2.73 bits per heavy atom. The maximum absolute atomic E-state index is 6.23. The van der Waals surface area contributed by atoms with E-state index in [4.69, 9.17) is 5.73 Å². The van der Waals surface area contributed by atoms with Gasteiger partial charge in [-0.25, -0.2) is 0 Å². The lowest BCUT2D eigenvalue weighted by molar-refractivity contribution is 0.420. The molecule has 0 bridgehead atoms. The van der Waals surface area contributed by atoms with Crippen LogP contribution in [-0.4, -0.2) is 0 Å². The molecule has 0 radical (unpaired) electrons. The zero-order valence-corrected chi connectivity index (χ0v) is 9.63. The summed E-state index contributed by atoms with van der Waals surface area (Å²) in [5.41, 5.74) is 10.1. The van der Waals surface area contributed by atoms with Crippen LogP contribution in [0.2, 0.25) is 0 Å². The molecule has 1 aliphatic carbocycles. The average molecular weight is 203 g/mol. The molecule has 1 saturated carbocycles. The number of unbranched alkanes of at least 4 members (excludes halogenated alkanes) is 1. The van der Waals surface area contributed by atoms with Crippen LogP contribution in [0.25, 0.3) is 0 Å². The van der Waals surface area contributed by atoms with Crippen LogP contribution in [-0.2, 0) is 6.42 Å². The largest absolute Gasteiger partial charge is 0.398 e. The molecule has 2 rings (SSSR count). The van der Waals surface area contributed by atoms with Gasteiger partial charge in [0.1, 0.15) is 0 Å². The zero-order valence-electron chi connectivity index (χ0n) is 9.63. The summed E-state index contributed by atoms with van der Waals surface area (Å²) >= 11 is 0. The number of nitrogens with two attached hydrogens (primary N) is 1. The van der Waals surface area contributed by atoms with Crippen molar-refractivity contribution in [2.24, 2.45) is 0 Å². The van der Waals surface area contributed by atoms with Crippen molar-refractivity contribution >= 4 is 5.69 Å². The summed E-state index contributed by atoms with van der Waals surface area (Å²) in [5, 5.41) is 0. The summed E-state index contributed by atoms with van der Waals surface area (Å²) < 4.78 is 0. The van der Waals surface area contributed by atoms with Crippen molar-refractivity contribution in [3.63, 3.8) is 0 Å². The van der Waals surface area contributed by atoms with Crippen LogP contribution >= 0.6 is 0 Å². The highest BCUT2D eigenvalue weighted by Gasteiger charge is 2.21. The molecule has 0 unspecified atom stereocenters. The normalized spacial score (nSPS) is 16.3. The monoisotopic (exact) mass is 203 g/mol. The zero-order chi connectivity index (χ0) is 10.7. The highest BCUT2D eigenvalue weighted by atomic mass is 14.6. The third-order valence-electron chi connectivity index (χ3n) is 3.57. The van der Waals surface area contributed by atoms with E-state index >= 15 is 0 Å². The quantitative estimate of drug-likeness (QED) is 0.738. The lowest BCUT2D eigenvalue weighted by Gasteiger charge is -2.27. The molecule has 1 nitrogen and oxygen atoms in total. The molecule has 2 N–H and O–H groups in total. The second-order valence-corrected chi connectivity index (χ2v) is 4.65. The molecule has 1 aromatic rings. The van der Waals surface area contributed by atoms with Gasteiger partial charge in [0.05, 0.1) is 0 Å². The van der Waals surface area contributed by atoms with E-state index < -0.39 is 0 Å². The molecular weight excluding hydrogens is 182 g/mol. The van der Waals surface area contributed by atoms with Crippen LogP contribution in [0.1, 0.15) is 56.1 Å². The Labute approximate surface area is 92.7 Å². The predicted octanol–water partition coefficient (Wildman–Crippen LogP) is 3.88. The van der Waals surface area contributed by atoms with E-state index in [0.29, 0.717) is 0 Å². The first-order valence-electron chi connectivity index (χ1n) is 6.20. The van der Waals surface area contributed by atoms with Gasteiger partial charge in [-0.05, 0) is 42.7 Å². The van der Waals surface area contributed by atoms with Gasteiger partial charge in [-0.1, -0.05) is 38.0 Å². The molecule has 1 heteroatoms. The van der Waals surface area contributed by atoms with Gasteiger partial charge in [-0.2, -0.15) is 0 Å². The SMILES string of the molecule is CCCCc1cccc(C2CCC2)c1N. The van der Waals surface area contributed by atoms with Gasteiger partial charge in [0, 0.05) is 5.69 Å². The van der Waals surface area contributed by atoms with Crippen molar-refractivity contribution < 1.29 is 0 Å². The topological polar surface area (TPSA) is 26.0 Å². The smallest absolute Gasteiger partial charge is 0.0381 e. The minimum absolute atomic E-state index is 0.756. The number of para-hydroxylation sites is 1. The van der Waals surface area contributed by atoms with Gasteiger partial charge >= 0.3 is 0 Å². The minimum Gasteiger partial charge on any atom is -0.398 e. The molecule has 0 aromatic heterocycles. The molecule has 0 heterocycles. The lowest BCUT2D eigenvalue weighted by atomic mass is 9.78. The van der Waals surface area contributed by atoms with Crippen LogP contribution in [0.3, 0.4) is 0 Å². The third-order valence-corrected chi connectivity index (χ3v) is 3.57. The lowest BCUT2D eigenvalue weighted by Crippen LogP contribution is -2.12. The van der Waals surface area contributed by atoms with Gasteiger partial charge in [-0.3, -0.25) is 0 Å². The van der Waals surface area contributed by atoms with Gasteiger partial charge in [0.15, 0.2) is 0 Å². The van der Waals surface area contributed by atoms with Gasteiger partial charge in [0.25, 0.3) is 0 Å². The van der Waals surface area contributed by atoms with E-state index in [1.54, 1.807) is 0 Å². The highest BCUT2D eigenvalue weighted by Crippen LogP contribution is 2.40. The van der Waals surface area contributed by atoms with E-state index in [1.807, 2.05) is 0 Å². The number of nitrogen functional groups attached to an aromatic ring is 1. The van der Waals surface area contributed by atoms with Crippen molar-refractivity contribution in [3.05, 3.63) is 29.3 Å². The summed E-state index contributed by atoms with van der Waals surface area (Å²) in [6.07, 6.45) is 7.68. The summed E-state index contributed by atoms with van der Waals surface area (Å²) in [6.45, 7) is 2.23. The van der Waals surface area contributed by atoms with Crippen LogP contribution in [0.4, 0.5) is 5.69 Å². The van der Waals surface area contributed by atoms with Gasteiger partial charge < -0.3 is 5.73 Å². The number of aryl methyl sites for hydroxylation is 1. The maximum atomic E-state index is 6.23. The Hall–Kier alpha value is -0.980. The van der Waals surface area contributed by atoms with Crippen molar-refractivity contribution in [1.82, 2.24) is 0 Å². The van der Waals surface area contributed by atoms with Crippen molar-refractivity contribution in [2.75, 3.05) is 5.73 Å². The Bertz CT molecular complexity index is 326. The van der Waals surface area contributed by atoms with E-state index in [0.717, 1.165) is 18.0 Å². The number of benzene rings is 1. The Morgan fingerprint density at radius 1 is 1.33 bits per heavy atom. The molecule has 0 amide bonds. The fourth-order valence-electron chi connectivity index (χ4n) is 2.29. The van der Waals surface area contributed by atoms with Crippen LogP contribution < -0.4 is 5.73 Å². The number of anilines is 1. The minimum atomic E-state index is 0.756. The number of hydrogen-bond acceptors (Lipinski definition) is 1. The van der Waals surface area contributed by atoms with E-state index in [9.17, 15) is 0 Å². The molecule has 82 valence electrons. The average Bonchev–Trinajstić information content (AvgIpc) is 2.17. The van der Waals surface area contributed by atoms with Gasteiger partial charge in [-0.15, -0.1) is 0 Å². The molecular formula is C14H21N. The summed E-state index contributed by atoms with van der Waals surface area (Å²) in [6, 6.07) is 6.58. The van der Waals surface area contributed by atoms with Crippen LogP contribution in [0.5, 0.6) is 0 Å². The molecule has 0 spiro atoms. The van der Waals surface area contributed by atoms with Crippen LogP contribution in [0.15, 0.2) is 18.2 Å². The standard InChI is InChI=1S/C14H21N/c1-2-3-6-12-9-5-10-13(14(12)15)11-7-4-8-11/h5,9-11H,2-4,6-8,15H2,1H3. The first-order valence-corrected chi connectivity index (χ1v) is 6.20. The summed E-state index contributed by atoms with van der Waals surface area (Å²) in [4.78, 5) is 0. The molecule has 0 atom stereocenters. The second-order valence-electron chi connectivity index (χ2n) is 4.65. The van der Waals surface area contributed by atoms with Crippen LogP contribution in [0, 0.1) is 0 Å². The number of hydrogen-bond donors (Lipinski definition) is 1. The first-order chi connectivity index (χ1) is 7.33. The molecule has 15 heavy (non-hydrogen) atoms. The molecule has 1 fully saturated rings. The van der Waals surface area contributed by atoms with E-state index in [-0.39, 0.29) is 0 Å². The van der Waals surface area contributed by atoms with E-state index in [2.05, 4.69) is 25.1 Å². The molecule has 0 saturated heterocycles. The van der Waals surface area contributed by atoms with Crippen molar-refractivity contribution in [2.45, 2.75) is 51.4 Å². The molecule has 1 aromatic carbocycles. The Balaban J connectivity index is 2.16. The summed E-state index contributed by atoms with van der Waals surface area (Å²) in [7, 11) is 0. The second kappa shape index (κ2) is 4.69. The Kier molecular flexibility index (Phi) is 3.30. The highest BCUT2D eigenvalue weighted by molar-refractivity contribution is 5.55. The van der Waals surface area contributed by atoms with E-state index in [1.165, 1.54) is 43.2 Å². The fourth-order valence-corrected chi connectivity index (χ4v) is 2.29. The third kappa shape index (κ3) is 2.17. The molecule has 0 aliphatic heterocycles. The van der Waals surface area contributed by atoms with Crippen molar-refractivity contribution in [1.29, 1.82) is 0 Å². The Morgan fingerprint density at radius 2 is 2.13 bits per heavy atom. The predicted molar refractivity (Wildman–Crippen MR) is 66.1 cm³/mol. The van der Waals surface area contributed by atoms with Gasteiger partial charge in [0.2, 0.25) is 0 Å². The fraction of sp³-hybridized carbons (Fsp3) is 0.571. The summed E-state index contributed by atoms with van der Waals surface area (Å²) in [5.74, 6) is 0.756. The van der Waals surface area contributed by atoms with Crippen molar-refractivity contribution in [3.8, 4) is 0 Å².